The van der Waals surface area contributed by atoms with E-state index in [1.807, 2.05) is 42.5 Å². The van der Waals surface area contributed by atoms with Crippen molar-refractivity contribution in [2.45, 2.75) is 13.0 Å². The van der Waals surface area contributed by atoms with Crippen molar-refractivity contribution in [1.82, 2.24) is 19.9 Å². The van der Waals surface area contributed by atoms with Crippen molar-refractivity contribution in [3.05, 3.63) is 103 Å². The summed E-state index contributed by atoms with van der Waals surface area (Å²) in [5.41, 5.74) is 2.41. The number of imidazole rings is 1. The normalized spacial score (nSPS) is 11.0. The van der Waals surface area contributed by atoms with E-state index in [0.29, 0.717) is 31.8 Å². The van der Waals surface area contributed by atoms with Crippen LogP contribution in [0.25, 0.3) is 21.8 Å². The van der Waals surface area contributed by atoms with Crippen molar-refractivity contribution in [3.8, 4) is 5.75 Å². The lowest BCUT2D eigenvalue weighted by molar-refractivity contribution is 0.0949. The molecule has 164 valence electrons. The van der Waals surface area contributed by atoms with Crippen LogP contribution in [0.3, 0.4) is 0 Å². The number of amides is 1. The van der Waals surface area contributed by atoms with Gasteiger partial charge in [0.1, 0.15) is 23.9 Å². The fraction of sp³-hybridized carbons (Fsp3) is 0.148. The molecular formula is C27H24N4O2. The zero-order valence-electron chi connectivity index (χ0n) is 18.1. The highest BCUT2D eigenvalue weighted by molar-refractivity contribution is 5.92. The third-order valence-corrected chi connectivity index (χ3v) is 5.59. The van der Waals surface area contributed by atoms with Crippen LogP contribution in [0.15, 0.2) is 91.1 Å². The van der Waals surface area contributed by atoms with E-state index in [4.69, 9.17) is 9.72 Å². The SMILES string of the molecule is O=C(NCCc1nc2ccccc2n1CCOc1cccc2ccccc12)c1ccccn1. The monoisotopic (exact) mass is 436 g/mol. The molecule has 0 aliphatic rings. The molecule has 2 heterocycles. The van der Waals surface area contributed by atoms with E-state index >= 15 is 0 Å². The first kappa shape index (κ1) is 20.7. The summed E-state index contributed by atoms with van der Waals surface area (Å²) in [4.78, 5) is 21.2. The van der Waals surface area contributed by atoms with Crippen LogP contribution in [0.5, 0.6) is 5.75 Å². The minimum atomic E-state index is -0.183. The predicted octanol–water partition coefficient (Wildman–Crippen LogP) is 4.64. The van der Waals surface area contributed by atoms with Gasteiger partial charge in [0, 0.05) is 24.5 Å². The minimum absolute atomic E-state index is 0.183. The summed E-state index contributed by atoms with van der Waals surface area (Å²) < 4.78 is 8.34. The highest BCUT2D eigenvalue weighted by atomic mass is 16.5. The molecule has 0 aliphatic heterocycles. The number of hydrogen-bond donors (Lipinski definition) is 1. The van der Waals surface area contributed by atoms with Crippen molar-refractivity contribution in [2.24, 2.45) is 0 Å². The molecule has 1 amide bonds. The smallest absolute Gasteiger partial charge is 0.269 e. The Hall–Kier alpha value is -4.19. The van der Waals surface area contributed by atoms with Crippen molar-refractivity contribution in [3.63, 3.8) is 0 Å². The number of para-hydroxylation sites is 2. The van der Waals surface area contributed by atoms with Crippen molar-refractivity contribution < 1.29 is 9.53 Å². The van der Waals surface area contributed by atoms with Gasteiger partial charge in [0.2, 0.25) is 0 Å². The van der Waals surface area contributed by atoms with E-state index in [1.54, 1.807) is 24.4 Å². The molecule has 0 unspecified atom stereocenters. The Bertz CT molecular complexity index is 1390. The lowest BCUT2D eigenvalue weighted by Crippen LogP contribution is -2.27. The molecule has 5 rings (SSSR count). The molecule has 6 nitrogen and oxygen atoms in total. The van der Waals surface area contributed by atoms with Crippen LogP contribution in [0.1, 0.15) is 16.3 Å². The van der Waals surface area contributed by atoms with Crippen LogP contribution in [-0.2, 0) is 13.0 Å². The quantitative estimate of drug-likeness (QED) is 0.385. The Balaban J connectivity index is 1.29. The zero-order chi connectivity index (χ0) is 22.5. The molecule has 0 saturated carbocycles. The van der Waals surface area contributed by atoms with Gasteiger partial charge in [-0.2, -0.15) is 0 Å². The second-order valence-electron chi connectivity index (χ2n) is 7.72. The third-order valence-electron chi connectivity index (χ3n) is 5.59. The van der Waals surface area contributed by atoms with Gasteiger partial charge in [-0.25, -0.2) is 4.98 Å². The summed E-state index contributed by atoms with van der Waals surface area (Å²) in [6, 6.07) is 27.7. The molecule has 0 fully saturated rings. The van der Waals surface area contributed by atoms with Gasteiger partial charge in [0.05, 0.1) is 17.6 Å². The summed E-state index contributed by atoms with van der Waals surface area (Å²) in [7, 11) is 0. The van der Waals surface area contributed by atoms with E-state index in [0.717, 1.165) is 33.4 Å². The number of benzene rings is 3. The number of carbonyl (C=O) groups is 1. The topological polar surface area (TPSA) is 69.0 Å². The first-order valence-corrected chi connectivity index (χ1v) is 11.0. The predicted molar refractivity (Wildman–Crippen MR) is 129 cm³/mol. The van der Waals surface area contributed by atoms with E-state index in [1.165, 1.54) is 0 Å². The summed E-state index contributed by atoms with van der Waals surface area (Å²) in [6.45, 7) is 1.65. The van der Waals surface area contributed by atoms with Crippen LogP contribution >= 0.6 is 0 Å². The highest BCUT2D eigenvalue weighted by Gasteiger charge is 2.12. The van der Waals surface area contributed by atoms with Gasteiger partial charge in [-0.05, 0) is 35.7 Å². The number of pyridine rings is 1. The maximum Gasteiger partial charge on any atom is 0.269 e. The molecule has 0 bridgehead atoms. The Kier molecular flexibility index (Phi) is 5.97. The van der Waals surface area contributed by atoms with Gasteiger partial charge in [-0.1, -0.05) is 54.6 Å². The molecular weight excluding hydrogens is 412 g/mol. The van der Waals surface area contributed by atoms with Crippen LogP contribution in [0.4, 0.5) is 0 Å². The molecule has 2 aromatic heterocycles. The molecule has 0 saturated heterocycles. The maximum absolute atomic E-state index is 12.3. The molecule has 0 atom stereocenters. The molecule has 0 radical (unpaired) electrons. The average molecular weight is 437 g/mol. The van der Waals surface area contributed by atoms with E-state index < -0.39 is 0 Å². The molecule has 6 heteroatoms. The second kappa shape index (κ2) is 9.53. The average Bonchev–Trinajstić information content (AvgIpc) is 3.22. The first-order chi connectivity index (χ1) is 16.3. The summed E-state index contributed by atoms with van der Waals surface area (Å²) >= 11 is 0. The molecule has 3 aromatic carbocycles. The highest BCUT2D eigenvalue weighted by Crippen LogP contribution is 2.25. The van der Waals surface area contributed by atoms with Crippen molar-refractivity contribution in [2.75, 3.05) is 13.2 Å². The van der Waals surface area contributed by atoms with Crippen molar-refractivity contribution in [1.29, 1.82) is 0 Å². The number of ether oxygens (including phenoxy) is 1. The number of nitrogens with one attached hydrogen (secondary N) is 1. The maximum atomic E-state index is 12.3. The standard InChI is InChI=1S/C27H24N4O2/c32-27(23-12-5-6-16-28-23)29-17-15-26-30-22-11-3-4-13-24(22)31(26)18-19-33-25-14-7-9-20-8-1-2-10-21(20)25/h1-14,16H,15,17-19H2,(H,29,32). The van der Waals surface area contributed by atoms with E-state index in [-0.39, 0.29) is 5.91 Å². The van der Waals surface area contributed by atoms with Crippen LogP contribution < -0.4 is 10.1 Å². The first-order valence-electron chi connectivity index (χ1n) is 11.0. The molecule has 1 N–H and O–H groups in total. The third kappa shape index (κ3) is 4.55. The number of carbonyl (C=O) groups excluding carboxylic acids is 1. The number of hydrogen-bond acceptors (Lipinski definition) is 4. The fourth-order valence-electron chi connectivity index (χ4n) is 4.01. The molecule has 33 heavy (non-hydrogen) atoms. The van der Waals surface area contributed by atoms with Crippen molar-refractivity contribution >= 4 is 27.7 Å². The summed E-state index contributed by atoms with van der Waals surface area (Å²) in [5.74, 6) is 1.61. The zero-order valence-corrected chi connectivity index (χ0v) is 18.1. The van der Waals surface area contributed by atoms with Crippen LogP contribution in [0, 0.1) is 0 Å². The fourth-order valence-corrected chi connectivity index (χ4v) is 4.01. The number of rotatable bonds is 8. The molecule has 0 aliphatic carbocycles. The van der Waals surface area contributed by atoms with Gasteiger partial charge in [-0.15, -0.1) is 0 Å². The van der Waals surface area contributed by atoms with E-state index in [9.17, 15) is 4.79 Å². The second-order valence-corrected chi connectivity index (χ2v) is 7.72. The molecule has 5 aromatic rings. The Labute approximate surface area is 191 Å². The Morgan fingerprint density at radius 3 is 2.64 bits per heavy atom. The minimum Gasteiger partial charge on any atom is -0.491 e. The Morgan fingerprint density at radius 2 is 1.73 bits per heavy atom. The van der Waals surface area contributed by atoms with Gasteiger partial charge in [-0.3, -0.25) is 9.78 Å². The van der Waals surface area contributed by atoms with Gasteiger partial charge in [0.25, 0.3) is 5.91 Å². The lowest BCUT2D eigenvalue weighted by atomic mass is 10.1. The van der Waals surface area contributed by atoms with Crippen LogP contribution in [0.2, 0.25) is 0 Å². The van der Waals surface area contributed by atoms with Gasteiger partial charge < -0.3 is 14.6 Å². The molecule has 0 spiro atoms. The largest absolute Gasteiger partial charge is 0.491 e. The lowest BCUT2D eigenvalue weighted by Gasteiger charge is -2.13. The summed E-state index contributed by atoms with van der Waals surface area (Å²) in [5, 5.41) is 5.20. The number of fused-ring (bicyclic) bond motifs is 2. The Morgan fingerprint density at radius 1 is 0.909 bits per heavy atom. The van der Waals surface area contributed by atoms with Crippen LogP contribution in [-0.4, -0.2) is 33.6 Å². The number of aromatic nitrogens is 3. The van der Waals surface area contributed by atoms with E-state index in [2.05, 4.69) is 39.1 Å². The van der Waals surface area contributed by atoms with Gasteiger partial charge >= 0.3 is 0 Å². The number of nitrogens with zero attached hydrogens (tertiary/aromatic N) is 3. The van der Waals surface area contributed by atoms with Gasteiger partial charge in [0.15, 0.2) is 0 Å². The summed E-state index contributed by atoms with van der Waals surface area (Å²) in [6.07, 6.45) is 2.23.